The van der Waals surface area contributed by atoms with Crippen molar-refractivity contribution in [1.29, 1.82) is 0 Å². The Morgan fingerprint density at radius 3 is 2.71 bits per heavy atom. The maximum Gasteiger partial charge on any atom is 1.00 e. The topological polar surface area (TPSA) is 66.4 Å². The van der Waals surface area contributed by atoms with Crippen LogP contribution in [0.1, 0.15) is 20.3 Å². The molecule has 4 nitrogen and oxygen atoms in total. The summed E-state index contributed by atoms with van der Waals surface area (Å²) < 4.78 is 4.87. The molecule has 0 aromatic heterocycles. The van der Waals surface area contributed by atoms with Crippen LogP contribution in [0.5, 0.6) is 0 Å². The molecule has 0 aromatic rings. The van der Waals surface area contributed by atoms with Crippen LogP contribution in [0.15, 0.2) is 11.6 Å². The molecule has 1 aliphatic rings. The number of carboxylic acid groups (broad SMARTS) is 1. The molecule has 1 rings (SSSR count). The van der Waals surface area contributed by atoms with Crippen LogP contribution in [0, 0.1) is 5.92 Å². The number of carbonyl (C=O) groups excluding carboxylic acids is 2. The second-order valence-corrected chi connectivity index (χ2v) is 3.15. The molecule has 0 N–H and O–H groups in total. The molecule has 0 aliphatic carbocycles. The number of carboxylic acids is 1. The summed E-state index contributed by atoms with van der Waals surface area (Å²) in [7, 11) is 0. The minimum absolute atomic E-state index is 0. The van der Waals surface area contributed by atoms with Gasteiger partial charge in [0.25, 0.3) is 0 Å². The number of esters is 1. The Balaban J connectivity index is 0.00000169. The van der Waals surface area contributed by atoms with Gasteiger partial charge in [0.05, 0.1) is 0 Å². The molecule has 2 unspecified atom stereocenters. The summed E-state index contributed by atoms with van der Waals surface area (Å²) >= 11 is 0. The molecule has 5 heteroatoms. The fourth-order valence-corrected chi connectivity index (χ4v) is 1.16. The van der Waals surface area contributed by atoms with E-state index in [4.69, 9.17) is 4.74 Å². The van der Waals surface area contributed by atoms with Gasteiger partial charge in [0, 0.05) is 23.9 Å². The number of cyclic esters (lactones) is 1. The molecule has 2 atom stereocenters. The molecule has 1 aliphatic heterocycles. The van der Waals surface area contributed by atoms with Crippen molar-refractivity contribution in [3.63, 3.8) is 0 Å². The van der Waals surface area contributed by atoms with Crippen molar-refractivity contribution in [3.8, 4) is 0 Å². The predicted octanol–water partition coefficient (Wildman–Crippen LogP) is -3.36. The van der Waals surface area contributed by atoms with E-state index >= 15 is 0 Å². The van der Waals surface area contributed by atoms with E-state index < -0.39 is 17.9 Å². The van der Waals surface area contributed by atoms with Crippen LogP contribution in [0.3, 0.4) is 0 Å². The number of ether oxygens (including phenoxy) is 1. The summed E-state index contributed by atoms with van der Waals surface area (Å²) in [6, 6.07) is 0. The molecule has 0 radical (unpaired) electrons. The molecule has 0 spiro atoms. The summed E-state index contributed by atoms with van der Waals surface area (Å²) in [4.78, 5) is 21.6. The third-order valence-electron chi connectivity index (χ3n) is 2.03. The van der Waals surface area contributed by atoms with Gasteiger partial charge in [-0.1, -0.05) is 13.0 Å². The van der Waals surface area contributed by atoms with Gasteiger partial charge in [0.2, 0.25) is 0 Å². The van der Waals surface area contributed by atoms with Crippen LogP contribution in [0.4, 0.5) is 0 Å². The molecular formula is C9H11NaO4. The second kappa shape index (κ2) is 5.53. The molecule has 0 bridgehead atoms. The molecule has 0 fully saturated rings. The first-order valence-electron chi connectivity index (χ1n) is 4.14. The van der Waals surface area contributed by atoms with E-state index in [0.29, 0.717) is 6.42 Å². The standard InChI is InChI=1S/C9H12O4.Na/c1-5-3-4-7(9(12)13-5)6(2)8(10)11;/h4-6H,3H2,1-2H3,(H,10,11);/q;+1/p-1. The van der Waals surface area contributed by atoms with Gasteiger partial charge in [0.15, 0.2) is 0 Å². The van der Waals surface area contributed by atoms with Crippen molar-refractivity contribution >= 4 is 11.9 Å². The normalized spacial score (nSPS) is 22.9. The molecular weight excluding hydrogens is 195 g/mol. The summed E-state index contributed by atoms with van der Waals surface area (Å²) in [6.07, 6.45) is 2.01. The zero-order chi connectivity index (χ0) is 10.0. The van der Waals surface area contributed by atoms with Gasteiger partial charge < -0.3 is 14.6 Å². The first kappa shape index (κ1) is 13.7. The third kappa shape index (κ3) is 3.12. The summed E-state index contributed by atoms with van der Waals surface area (Å²) in [5, 5.41) is 10.5. The predicted molar refractivity (Wildman–Crippen MR) is 42.4 cm³/mol. The SMILES string of the molecule is CC1CC=C(C(C)C(=O)[O-])C(=O)O1.[Na+]. The Morgan fingerprint density at radius 1 is 1.71 bits per heavy atom. The van der Waals surface area contributed by atoms with E-state index in [9.17, 15) is 14.7 Å². The smallest absolute Gasteiger partial charge is 0.550 e. The third-order valence-corrected chi connectivity index (χ3v) is 2.03. The summed E-state index contributed by atoms with van der Waals surface area (Å²) in [5.74, 6) is -2.69. The average Bonchev–Trinajstić information content (AvgIpc) is 2.03. The zero-order valence-electron chi connectivity index (χ0n) is 8.57. The van der Waals surface area contributed by atoms with Crippen molar-refractivity contribution in [3.05, 3.63) is 11.6 Å². The van der Waals surface area contributed by atoms with Crippen LogP contribution in [-0.2, 0) is 14.3 Å². The number of rotatable bonds is 2. The van der Waals surface area contributed by atoms with Gasteiger partial charge in [-0.2, -0.15) is 0 Å². The maximum atomic E-state index is 11.2. The molecule has 0 amide bonds. The quantitative estimate of drug-likeness (QED) is 0.349. The van der Waals surface area contributed by atoms with Gasteiger partial charge in [-0.15, -0.1) is 0 Å². The fraction of sp³-hybridized carbons (Fsp3) is 0.556. The molecule has 1 heterocycles. The van der Waals surface area contributed by atoms with E-state index in [-0.39, 0.29) is 41.2 Å². The monoisotopic (exact) mass is 206 g/mol. The maximum absolute atomic E-state index is 11.2. The van der Waals surface area contributed by atoms with Gasteiger partial charge in [0.1, 0.15) is 6.10 Å². The Hall–Kier alpha value is -0.320. The first-order chi connectivity index (χ1) is 6.02. The van der Waals surface area contributed by atoms with Gasteiger partial charge in [-0.3, -0.25) is 0 Å². The van der Waals surface area contributed by atoms with Gasteiger partial charge >= 0.3 is 35.5 Å². The molecule has 0 saturated carbocycles. The van der Waals surface area contributed by atoms with Crippen LogP contribution < -0.4 is 34.7 Å². The van der Waals surface area contributed by atoms with E-state index in [0.717, 1.165) is 0 Å². The van der Waals surface area contributed by atoms with Crippen molar-refractivity contribution in [2.45, 2.75) is 26.4 Å². The Morgan fingerprint density at radius 2 is 2.29 bits per heavy atom. The van der Waals surface area contributed by atoms with E-state index in [1.165, 1.54) is 6.92 Å². The van der Waals surface area contributed by atoms with Crippen molar-refractivity contribution < 1.29 is 49.0 Å². The molecule has 0 aromatic carbocycles. The number of carbonyl (C=O) groups is 2. The van der Waals surface area contributed by atoms with Crippen LogP contribution in [0.25, 0.3) is 0 Å². The van der Waals surface area contributed by atoms with Crippen molar-refractivity contribution in [2.75, 3.05) is 0 Å². The minimum Gasteiger partial charge on any atom is -0.550 e. The molecule has 0 saturated heterocycles. The van der Waals surface area contributed by atoms with Crippen LogP contribution in [0.2, 0.25) is 0 Å². The number of hydrogen-bond donors (Lipinski definition) is 0. The number of aliphatic carboxylic acids is 1. The second-order valence-electron chi connectivity index (χ2n) is 3.15. The first-order valence-corrected chi connectivity index (χ1v) is 4.14. The molecule has 14 heavy (non-hydrogen) atoms. The summed E-state index contributed by atoms with van der Waals surface area (Å²) in [6.45, 7) is 3.17. The van der Waals surface area contributed by atoms with Crippen LogP contribution >= 0.6 is 0 Å². The Kier molecular flexibility index (Phi) is 5.41. The van der Waals surface area contributed by atoms with Gasteiger partial charge in [-0.25, -0.2) is 4.79 Å². The van der Waals surface area contributed by atoms with E-state index in [1.54, 1.807) is 13.0 Å². The fourth-order valence-electron chi connectivity index (χ4n) is 1.16. The van der Waals surface area contributed by atoms with Crippen molar-refractivity contribution in [1.82, 2.24) is 0 Å². The Bertz CT molecular complexity index is 272. The number of hydrogen-bond acceptors (Lipinski definition) is 4. The average molecular weight is 206 g/mol. The van der Waals surface area contributed by atoms with E-state index in [2.05, 4.69) is 0 Å². The minimum atomic E-state index is -1.25. The van der Waals surface area contributed by atoms with E-state index in [1.807, 2.05) is 0 Å². The largest absolute Gasteiger partial charge is 1.00 e. The molecule has 72 valence electrons. The zero-order valence-corrected chi connectivity index (χ0v) is 10.6. The van der Waals surface area contributed by atoms with Crippen molar-refractivity contribution in [2.24, 2.45) is 5.92 Å². The Labute approximate surface area is 105 Å². The summed E-state index contributed by atoms with van der Waals surface area (Å²) in [5.41, 5.74) is 0.193. The van der Waals surface area contributed by atoms with Crippen LogP contribution in [-0.4, -0.2) is 18.0 Å². The van der Waals surface area contributed by atoms with Gasteiger partial charge in [-0.05, 0) is 6.92 Å².